The van der Waals surface area contributed by atoms with E-state index in [0.717, 1.165) is 16.8 Å². The van der Waals surface area contributed by atoms with Gasteiger partial charge in [-0.2, -0.15) is 0 Å². The van der Waals surface area contributed by atoms with Crippen LogP contribution in [-0.4, -0.2) is 11.5 Å². The highest BCUT2D eigenvalue weighted by atomic mass is 79.9. The Bertz CT molecular complexity index is 588. The van der Waals surface area contributed by atoms with E-state index in [9.17, 15) is 0 Å². The van der Waals surface area contributed by atoms with Crippen molar-refractivity contribution in [2.24, 2.45) is 0 Å². The number of hydrogen-bond acceptors (Lipinski definition) is 2. The second kappa shape index (κ2) is 5.96. The van der Waals surface area contributed by atoms with E-state index in [-0.39, 0.29) is 5.41 Å². The SMILES string of the molecule is Cc1ccc(C(C)(C)CNc2cc(C)c(Br)cn2)cc1. The summed E-state index contributed by atoms with van der Waals surface area (Å²) >= 11 is 3.47. The minimum Gasteiger partial charge on any atom is -0.369 e. The second-order valence-electron chi connectivity index (χ2n) is 5.92. The average molecular weight is 333 g/mol. The smallest absolute Gasteiger partial charge is 0.126 e. The topological polar surface area (TPSA) is 24.9 Å². The van der Waals surface area contributed by atoms with Crippen molar-refractivity contribution < 1.29 is 0 Å². The van der Waals surface area contributed by atoms with Crippen LogP contribution in [0.5, 0.6) is 0 Å². The fraction of sp³-hybridized carbons (Fsp3) is 0.353. The molecular formula is C17H21BrN2. The van der Waals surface area contributed by atoms with Crippen molar-refractivity contribution in [3.8, 4) is 0 Å². The molecule has 106 valence electrons. The summed E-state index contributed by atoms with van der Waals surface area (Å²) in [6.45, 7) is 9.53. The average Bonchev–Trinajstić information content (AvgIpc) is 2.41. The van der Waals surface area contributed by atoms with Crippen LogP contribution in [0.15, 0.2) is 41.0 Å². The molecule has 1 N–H and O–H groups in total. The summed E-state index contributed by atoms with van der Waals surface area (Å²) in [6.07, 6.45) is 1.84. The van der Waals surface area contributed by atoms with Gasteiger partial charge in [0.25, 0.3) is 0 Å². The Morgan fingerprint density at radius 3 is 2.40 bits per heavy atom. The van der Waals surface area contributed by atoms with E-state index in [4.69, 9.17) is 0 Å². The lowest BCUT2D eigenvalue weighted by Crippen LogP contribution is -2.27. The van der Waals surface area contributed by atoms with Gasteiger partial charge in [-0.15, -0.1) is 0 Å². The number of nitrogens with zero attached hydrogens (tertiary/aromatic N) is 1. The van der Waals surface area contributed by atoms with Crippen molar-refractivity contribution in [1.29, 1.82) is 0 Å². The Kier molecular flexibility index (Phi) is 4.48. The minimum atomic E-state index is 0.0658. The molecule has 0 radical (unpaired) electrons. The molecule has 0 saturated carbocycles. The summed E-state index contributed by atoms with van der Waals surface area (Å²) in [6, 6.07) is 10.8. The number of anilines is 1. The van der Waals surface area contributed by atoms with Crippen LogP contribution >= 0.6 is 15.9 Å². The third-order valence-corrected chi connectivity index (χ3v) is 4.42. The zero-order chi connectivity index (χ0) is 14.8. The summed E-state index contributed by atoms with van der Waals surface area (Å²) < 4.78 is 1.04. The maximum atomic E-state index is 4.39. The molecule has 0 saturated heterocycles. The van der Waals surface area contributed by atoms with E-state index in [2.05, 4.69) is 84.3 Å². The van der Waals surface area contributed by atoms with Crippen molar-refractivity contribution >= 4 is 21.7 Å². The Labute approximate surface area is 129 Å². The molecule has 0 aliphatic rings. The van der Waals surface area contributed by atoms with Crippen LogP contribution < -0.4 is 5.32 Å². The van der Waals surface area contributed by atoms with Gasteiger partial charge < -0.3 is 5.32 Å². The fourth-order valence-electron chi connectivity index (χ4n) is 2.05. The molecule has 3 heteroatoms. The highest BCUT2D eigenvalue weighted by Crippen LogP contribution is 2.24. The van der Waals surface area contributed by atoms with E-state index in [1.54, 1.807) is 0 Å². The lowest BCUT2D eigenvalue weighted by atomic mass is 9.84. The molecule has 1 aromatic heterocycles. The van der Waals surface area contributed by atoms with Gasteiger partial charge in [-0.25, -0.2) is 4.98 Å². The Morgan fingerprint density at radius 1 is 1.15 bits per heavy atom. The highest BCUT2D eigenvalue weighted by Gasteiger charge is 2.20. The number of aryl methyl sites for hydroxylation is 2. The molecule has 0 spiro atoms. The molecule has 0 aliphatic carbocycles. The number of hydrogen-bond donors (Lipinski definition) is 1. The van der Waals surface area contributed by atoms with Crippen molar-refractivity contribution in [2.75, 3.05) is 11.9 Å². The first-order valence-electron chi connectivity index (χ1n) is 6.82. The fourth-order valence-corrected chi connectivity index (χ4v) is 2.27. The van der Waals surface area contributed by atoms with Gasteiger partial charge in [0.15, 0.2) is 0 Å². The number of nitrogens with one attached hydrogen (secondary N) is 1. The first-order chi connectivity index (χ1) is 9.38. The van der Waals surface area contributed by atoms with Gasteiger partial charge in [-0.05, 0) is 47.0 Å². The molecule has 2 nitrogen and oxygen atoms in total. The molecule has 0 aliphatic heterocycles. The lowest BCUT2D eigenvalue weighted by Gasteiger charge is -2.26. The Hall–Kier alpha value is -1.35. The number of rotatable bonds is 4. The second-order valence-corrected chi connectivity index (χ2v) is 6.78. The highest BCUT2D eigenvalue weighted by molar-refractivity contribution is 9.10. The van der Waals surface area contributed by atoms with E-state index >= 15 is 0 Å². The predicted octanol–water partition coefficient (Wildman–Crippen LogP) is 4.85. The summed E-state index contributed by atoms with van der Waals surface area (Å²) in [5.74, 6) is 0.922. The van der Waals surface area contributed by atoms with Gasteiger partial charge in [0.1, 0.15) is 5.82 Å². The van der Waals surface area contributed by atoms with Crippen molar-refractivity contribution in [1.82, 2.24) is 4.98 Å². The normalized spacial score (nSPS) is 11.4. The summed E-state index contributed by atoms with van der Waals surface area (Å²) in [4.78, 5) is 4.39. The largest absolute Gasteiger partial charge is 0.369 e. The number of halogens is 1. The molecular weight excluding hydrogens is 312 g/mol. The van der Waals surface area contributed by atoms with Gasteiger partial charge in [-0.3, -0.25) is 0 Å². The molecule has 2 rings (SSSR count). The number of aromatic nitrogens is 1. The third-order valence-electron chi connectivity index (χ3n) is 3.59. The summed E-state index contributed by atoms with van der Waals surface area (Å²) in [7, 11) is 0. The third kappa shape index (κ3) is 3.60. The summed E-state index contributed by atoms with van der Waals surface area (Å²) in [5.41, 5.74) is 3.89. The van der Waals surface area contributed by atoms with Crippen LogP contribution in [0.4, 0.5) is 5.82 Å². The molecule has 0 atom stereocenters. The van der Waals surface area contributed by atoms with Gasteiger partial charge in [0, 0.05) is 22.6 Å². The first kappa shape index (κ1) is 15.0. The summed E-state index contributed by atoms with van der Waals surface area (Å²) in [5, 5.41) is 3.43. The maximum Gasteiger partial charge on any atom is 0.126 e. The molecule has 1 heterocycles. The van der Waals surface area contributed by atoms with Crippen LogP contribution in [-0.2, 0) is 5.41 Å². The predicted molar refractivity (Wildman–Crippen MR) is 89.4 cm³/mol. The lowest BCUT2D eigenvalue weighted by molar-refractivity contribution is 0.556. The zero-order valence-corrected chi connectivity index (χ0v) is 14.1. The molecule has 0 bridgehead atoms. The van der Waals surface area contributed by atoms with Gasteiger partial charge in [-0.1, -0.05) is 43.7 Å². The van der Waals surface area contributed by atoms with E-state index in [1.165, 1.54) is 16.7 Å². The number of pyridine rings is 1. The van der Waals surface area contributed by atoms with Crippen molar-refractivity contribution in [3.63, 3.8) is 0 Å². The molecule has 20 heavy (non-hydrogen) atoms. The minimum absolute atomic E-state index is 0.0658. The van der Waals surface area contributed by atoms with Crippen LogP contribution in [0.1, 0.15) is 30.5 Å². The standard InChI is InChI=1S/C17H21BrN2/c1-12-5-7-14(8-6-12)17(3,4)11-20-16-9-13(2)15(18)10-19-16/h5-10H,11H2,1-4H3,(H,19,20). The van der Waals surface area contributed by atoms with Crippen LogP contribution in [0.3, 0.4) is 0 Å². The van der Waals surface area contributed by atoms with Gasteiger partial charge in [0.05, 0.1) is 0 Å². The Morgan fingerprint density at radius 2 is 1.80 bits per heavy atom. The van der Waals surface area contributed by atoms with Crippen LogP contribution in [0.2, 0.25) is 0 Å². The van der Waals surface area contributed by atoms with Crippen molar-refractivity contribution in [2.45, 2.75) is 33.1 Å². The first-order valence-corrected chi connectivity index (χ1v) is 7.61. The quantitative estimate of drug-likeness (QED) is 0.865. The van der Waals surface area contributed by atoms with E-state index < -0.39 is 0 Å². The van der Waals surface area contributed by atoms with E-state index in [0.29, 0.717) is 0 Å². The number of benzene rings is 1. The molecule has 0 amide bonds. The Balaban J connectivity index is 2.08. The zero-order valence-electron chi connectivity index (χ0n) is 12.5. The van der Waals surface area contributed by atoms with Gasteiger partial charge in [0.2, 0.25) is 0 Å². The molecule has 0 fully saturated rings. The monoisotopic (exact) mass is 332 g/mol. The maximum absolute atomic E-state index is 4.39. The molecule has 1 aromatic carbocycles. The molecule has 0 unspecified atom stereocenters. The van der Waals surface area contributed by atoms with Gasteiger partial charge >= 0.3 is 0 Å². The van der Waals surface area contributed by atoms with Crippen LogP contribution in [0.25, 0.3) is 0 Å². The molecule has 2 aromatic rings. The van der Waals surface area contributed by atoms with E-state index in [1.807, 2.05) is 6.20 Å². The van der Waals surface area contributed by atoms with Crippen LogP contribution in [0, 0.1) is 13.8 Å². The van der Waals surface area contributed by atoms with Crippen molar-refractivity contribution in [3.05, 3.63) is 57.7 Å².